The standard InChI is InChI=1S/C19H21NO6/c1-23-14-8-6-13(7-9-14)17(26-19(22)16-5-3-11-25-16)18(21)20-12-15-4-2-10-24-15/h3,5-9,11,15,17H,2,4,10,12H2,1H3,(H,20,21)/t15-,17+/m1/s1. The second-order valence-corrected chi connectivity index (χ2v) is 5.92. The Hall–Kier alpha value is -2.80. The lowest BCUT2D eigenvalue weighted by molar-refractivity contribution is -0.130. The van der Waals surface area contributed by atoms with Crippen molar-refractivity contribution in [1.29, 1.82) is 0 Å². The summed E-state index contributed by atoms with van der Waals surface area (Å²) in [5.41, 5.74) is 0.538. The number of methoxy groups -OCH3 is 1. The molecular formula is C19H21NO6. The van der Waals surface area contributed by atoms with E-state index in [1.165, 1.54) is 12.3 Å². The third kappa shape index (κ3) is 4.43. The Bertz CT molecular complexity index is 719. The molecule has 2 atom stereocenters. The molecule has 3 rings (SSSR count). The lowest BCUT2D eigenvalue weighted by atomic mass is 10.1. The maximum absolute atomic E-state index is 12.7. The van der Waals surface area contributed by atoms with E-state index < -0.39 is 18.0 Å². The van der Waals surface area contributed by atoms with Crippen LogP contribution in [0.25, 0.3) is 0 Å². The zero-order valence-corrected chi connectivity index (χ0v) is 14.5. The van der Waals surface area contributed by atoms with E-state index in [0.717, 1.165) is 12.8 Å². The summed E-state index contributed by atoms with van der Waals surface area (Å²) in [5, 5.41) is 2.80. The summed E-state index contributed by atoms with van der Waals surface area (Å²) >= 11 is 0. The van der Waals surface area contributed by atoms with Crippen LogP contribution in [-0.4, -0.2) is 38.2 Å². The number of nitrogens with one attached hydrogen (secondary N) is 1. The molecular weight excluding hydrogens is 338 g/mol. The van der Waals surface area contributed by atoms with Crippen LogP contribution >= 0.6 is 0 Å². The quantitative estimate of drug-likeness (QED) is 0.764. The molecule has 1 aromatic heterocycles. The van der Waals surface area contributed by atoms with E-state index in [2.05, 4.69) is 5.32 Å². The number of carbonyl (C=O) groups is 2. The Labute approximate surface area is 151 Å². The van der Waals surface area contributed by atoms with Crippen molar-refractivity contribution >= 4 is 11.9 Å². The normalized spacial score (nSPS) is 17.5. The summed E-state index contributed by atoms with van der Waals surface area (Å²) in [4.78, 5) is 24.9. The first-order valence-electron chi connectivity index (χ1n) is 8.45. The van der Waals surface area contributed by atoms with Gasteiger partial charge in [0.15, 0.2) is 0 Å². The molecule has 1 saturated heterocycles. The number of hydrogen-bond donors (Lipinski definition) is 1. The van der Waals surface area contributed by atoms with Gasteiger partial charge in [0.05, 0.1) is 19.5 Å². The van der Waals surface area contributed by atoms with Crippen LogP contribution in [0.3, 0.4) is 0 Å². The molecule has 0 unspecified atom stereocenters. The lowest BCUT2D eigenvalue weighted by Gasteiger charge is -2.19. The minimum atomic E-state index is -1.10. The highest BCUT2D eigenvalue weighted by molar-refractivity contribution is 5.90. The van der Waals surface area contributed by atoms with Crippen LogP contribution < -0.4 is 10.1 Å². The average Bonchev–Trinajstić information content (AvgIpc) is 3.38. The van der Waals surface area contributed by atoms with Gasteiger partial charge in [-0.3, -0.25) is 4.79 Å². The number of ether oxygens (including phenoxy) is 3. The third-order valence-corrected chi connectivity index (χ3v) is 4.13. The van der Waals surface area contributed by atoms with E-state index >= 15 is 0 Å². The highest BCUT2D eigenvalue weighted by Crippen LogP contribution is 2.23. The summed E-state index contributed by atoms with van der Waals surface area (Å²) in [5.74, 6) is -0.436. The molecule has 1 amide bonds. The molecule has 138 valence electrons. The SMILES string of the molecule is COc1ccc([C@H](OC(=O)c2ccco2)C(=O)NC[C@H]2CCCO2)cc1. The maximum Gasteiger partial charge on any atom is 0.375 e. The van der Waals surface area contributed by atoms with Gasteiger partial charge in [-0.25, -0.2) is 4.79 Å². The number of furan rings is 1. The van der Waals surface area contributed by atoms with Crippen LogP contribution in [-0.2, 0) is 14.3 Å². The zero-order chi connectivity index (χ0) is 18.4. The van der Waals surface area contributed by atoms with E-state index in [4.69, 9.17) is 18.6 Å². The second kappa shape index (κ2) is 8.53. The molecule has 1 aliphatic heterocycles. The molecule has 0 bridgehead atoms. The molecule has 1 fully saturated rings. The fraction of sp³-hybridized carbons (Fsp3) is 0.368. The lowest BCUT2D eigenvalue weighted by Crippen LogP contribution is -2.37. The topological polar surface area (TPSA) is 87.0 Å². The fourth-order valence-corrected chi connectivity index (χ4v) is 2.72. The predicted octanol–water partition coefficient (Wildman–Crippen LogP) is 2.48. The highest BCUT2D eigenvalue weighted by atomic mass is 16.6. The Morgan fingerprint density at radius 3 is 2.69 bits per heavy atom. The second-order valence-electron chi connectivity index (χ2n) is 5.92. The largest absolute Gasteiger partial charge is 0.497 e. The first kappa shape index (κ1) is 18.0. The van der Waals surface area contributed by atoms with Gasteiger partial charge in [-0.05, 0) is 37.1 Å². The monoisotopic (exact) mass is 359 g/mol. The number of carbonyl (C=O) groups excluding carboxylic acids is 2. The molecule has 1 aliphatic rings. The number of esters is 1. The van der Waals surface area contributed by atoms with Crippen molar-refractivity contribution in [2.75, 3.05) is 20.3 Å². The van der Waals surface area contributed by atoms with Crippen molar-refractivity contribution in [3.63, 3.8) is 0 Å². The summed E-state index contributed by atoms with van der Waals surface area (Å²) in [7, 11) is 1.55. The molecule has 0 aliphatic carbocycles. The third-order valence-electron chi connectivity index (χ3n) is 4.13. The number of hydrogen-bond acceptors (Lipinski definition) is 6. The molecule has 1 aromatic carbocycles. The van der Waals surface area contributed by atoms with E-state index in [0.29, 0.717) is 24.5 Å². The minimum Gasteiger partial charge on any atom is -0.497 e. The molecule has 0 spiro atoms. The van der Waals surface area contributed by atoms with Crippen molar-refractivity contribution < 1.29 is 28.2 Å². The predicted molar refractivity (Wildman–Crippen MR) is 91.8 cm³/mol. The van der Waals surface area contributed by atoms with Crippen molar-refractivity contribution in [3.05, 3.63) is 54.0 Å². The van der Waals surface area contributed by atoms with Gasteiger partial charge in [0.1, 0.15) is 5.75 Å². The fourth-order valence-electron chi connectivity index (χ4n) is 2.72. The number of benzene rings is 1. The van der Waals surface area contributed by atoms with E-state index in [9.17, 15) is 9.59 Å². The van der Waals surface area contributed by atoms with Gasteiger partial charge in [-0.1, -0.05) is 12.1 Å². The molecule has 7 heteroatoms. The van der Waals surface area contributed by atoms with Crippen LogP contribution in [0.2, 0.25) is 0 Å². The Balaban J connectivity index is 1.72. The van der Waals surface area contributed by atoms with Crippen molar-refractivity contribution in [2.45, 2.75) is 25.0 Å². The maximum atomic E-state index is 12.7. The molecule has 7 nitrogen and oxygen atoms in total. The Morgan fingerprint density at radius 2 is 2.08 bits per heavy atom. The van der Waals surface area contributed by atoms with Crippen molar-refractivity contribution in [3.8, 4) is 5.75 Å². The summed E-state index contributed by atoms with van der Waals surface area (Å²) < 4.78 is 21.1. The van der Waals surface area contributed by atoms with Gasteiger partial charge in [-0.15, -0.1) is 0 Å². The highest BCUT2D eigenvalue weighted by Gasteiger charge is 2.28. The van der Waals surface area contributed by atoms with Crippen LogP contribution in [0.5, 0.6) is 5.75 Å². The zero-order valence-electron chi connectivity index (χ0n) is 14.5. The van der Waals surface area contributed by atoms with Gasteiger partial charge < -0.3 is 23.9 Å². The van der Waals surface area contributed by atoms with E-state index in [1.807, 2.05) is 0 Å². The summed E-state index contributed by atoms with van der Waals surface area (Å²) in [6, 6.07) is 9.84. The first-order valence-corrected chi connectivity index (χ1v) is 8.45. The van der Waals surface area contributed by atoms with Gasteiger partial charge in [-0.2, -0.15) is 0 Å². The molecule has 2 aromatic rings. The molecule has 0 saturated carbocycles. The summed E-state index contributed by atoms with van der Waals surface area (Å²) in [6.07, 6.45) is 2.16. The number of rotatable bonds is 7. The molecule has 26 heavy (non-hydrogen) atoms. The van der Waals surface area contributed by atoms with Crippen LogP contribution in [0.15, 0.2) is 47.1 Å². The molecule has 0 radical (unpaired) electrons. The van der Waals surface area contributed by atoms with Crippen molar-refractivity contribution in [2.24, 2.45) is 0 Å². The van der Waals surface area contributed by atoms with E-state index in [1.54, 1.807) is 37.4 Å². The van der Waals surface area contributed by atoms with Crippen LogP contribution in [0.1, 0.15) is 35.1 Å². The number of amides is 1. The van der Waals surface area contributed by atoms with E-state index in [-0.39, 0.29) is 11.9 Å². The average molecular weight is 359 g/mol. The van der Waals surface area contributed by atoms with Crippen LogP contribution in [0.4, 0.5) is 0 Å². The molecule has 1 N–H and O–H groups in total. The first-order chi connectivity index (χ1) is 12.7. The van der Waals surface area contributed by atoms with Crippen molar-refractivity contribution in [1.82, 2.24) is 5.32 Å². The van der Waals surface area contributed by atoms with Gasteiger partial charge >= 0.3 is 5.97 Å². The Kier molecular flexibility index (Phi) is 5.91. The van der Waals surface area contributed by atoms with Crippen LogP contribution in [0, 0.1) is 0 Å². The minimum absolute atomic E-state index is 0.00348. The van der Waals surface area contributed by atoms with Gasteiger partial charge in [0.25, 0.3) is 5.91 Å². The molecule has 2 heterocycles. The summed E-state index contributed by atoms with van der Waals surface area (Å²) in [6.45, 7) is 1.08. The van der Waals surface area contributed by atoms with Gasteiger partial charge in [0.2, 0.25) is 11.9 Å². The smallest absolute Gasteiger partial charge is 0.375 e. The Morgan fingerprint density at radius 1 is 1.27 bits per heavy atom. The van der Waals surface area contributed by atoms with Gasteiger partial charge in [0, 0.05) is 18.7 Å².